The van der Waals surface area contributed by atoms with Crippen molar-refractivity contribution in [2.75, 3.05) is 17.1 Å². The third kappa shape index (κ3) is 6.17. The van der Waals surface area contributed by atoms with Crippen molar-refractivity contribution in [1.29, 1.82) is 0 Å². The van der Waals surface area contributed by atoms with Gasteiger partial charge >= 0.3 is 0 Å². The molecule has 1 heterocycles. The fourth-order valence-electron chi connectivity index (χ4n) is 2.63. The molecule has 0 aliphatic rings. The maximum Gasteiger partial charge on any atom is 0.260 e. The Balaban J connectivity index is 1.68. The number of carbonyl (C=O) groups is 1. The summed E-state index contributed by atoms with van der Waals surface area (Å²) in [7, 11) is -3.78. The molecule has 0 aliphatic carbocycles. The van der Waals surface area contributed by atoms with Crippen molar-refractivity contribution in [3.8, 4) is 11.3 Å². The largest absolute Gasteiger partial charge is 0.455 e. The highest BCUT2D eigenvalue weighted by Crippen LogP contribution is 2.31. The van der Waals surface area contributed by atoms with E-state index in [0.29, 0.717) is 27.1 Å². The van der Waals surface area contributed by atoms with Crippen LogP contribution < -0.4 is 9.73 Å². The van der Waals surface area contributed by atoms with Crippen LogP contribution in [0, 0.1) is 0 Å². The molecule has 0 fully saturated rings. The third-order valence-electron chi connectivity index (χ3n) is 4.08. The number of furan rings is 1. The molecule has 0 spiro atoms. The summed E-state index contributed by atoms with van der Waals surface area (Å²) in [4.78, 5) is 12.3. The second-order valence-corrected chi connectivity index (χ2v) is 10.1. The zero-order valence-electron chi connectivity index (χ0n) is 16.4. The first-order chi connectivity index (χ1) is 15.0. The predicted octanol–water partition coefficient (Wildman–Crippen LogP) is 5.48. The molecule has 0 unspecified atom stereocenters. The number of amides is 1. The van der Waals surface area contributed by atoms with Crippen LogP contribution in [-0.2, 0) is 14.8 Å². The Kier molecular flexibility index (Phi) is 7.74. The van der Waals surface area contributed by atoms with E-state index in [0.717, 1.165) is 10.6 Å². The number of carbonyl (C=O) groups excluding carboxylic acids is 1. The van der Waals surface area contributed by atoms with Gasteiger partial charge in [-0.1, -0.05) is 46.4 Å². The molecule has 12 heteroatoms. The van der Waals surface area contributed by atoms with Crippen LogP contribution in [0.4, 0.5) is 5.69 Å². The first kappa shape index (κ1) is 24.4. The van der Waals surface area contributed by atoms with Gasteiger partial charge in [0.15, 0.2) is 0 Å². The van der Waals surface area contributed by atoms with E-state index in [1.165, 1.54) is 24.4 Å². The summed E-state index contributed by atoms with van der Waals surface area (Å²) in [5.74, 6) is 0.156. The van der Waals surface area contributed by atoms with E-state index in [2.05, 4.69) is 10.5 Å². The van der Waals surface area contributed by atoms with Gasteiger partial charge in [0.25, 0.3) is 5.91 Å². The van der Waals surface area contributed by atoms with Gasteiger partial charge in [-0.15, -0.1) is 0 Å². The molecule has 0 radical (unpaired) electrons. The Labute approximate surface area is 204 Å². The lowest BCUT2D eigenvalue weighted by atomic mass is 10.2. The molecule has 0 bridgehead atoms. The Hall–Kier alpha value is -2.23. The predicted molar refractivity (Wildman–Crippen MR) is 129 cm³/mol. The zero-order chi connectivity index (χ0) is 23.5. The SMILES string of the molecule is CS(=O)(=O)N(CC(=O)NN=Cc1ccc(-c2ccc(Cl)cc2Cl)o1)c1ccc(Cl)c(Cl)c1. The van der Waals surface area contributed by atoms with Crippen LogP contribution in [0.15, 0.2) is 58.0 Å². The van der Waals surface area contributed by atoms with E-state index in [9.17, 15) is 13.2 Å². The highest BCUT2D eigenvalue weighted by Gasteiger charge is 2.21. The minimum absolute atomic E-state index is 0.158. The third-order valence-corrected chi connectivity index (χ3v) is 6.51. The maximum absolute atomic E-state index is 12.3. The molecule has 0 saturated carbocycles. The molecular weight excluding hydrogens is 520 g/mol. The molecular formula is C20H15Cl4N3O4S. The number of sulfonamides is 1. The Morgan fingerprint density at radius 2 is 1.78 bits per heavy atom. The van der Waals surface area contributed by atoms with E-state index in [-0.39, 0.29) is 15.7 Å². The summed E-state index contributed by atoms with van der Waals surface area (Å²) in [6.07, 6.45) is 2.24. The topological polar surface area (TPSA) is 92.0 Å². The number of hydrogen-bond acceptors (Lipinski definition) is 5. The van der Waals surface area contributed by atoms with Gasteiger partial charge in [-0.3, -0.25) is 9.10 Å². The molecule has 1 N–H and O–H groups in total. The number of rotatable bonds is 7. The lowest BCUT2D eigenvalue weighted by molar-refractivity contribution is -0.119. The summed E-state index contributed by atoms with van der Waals surface area (Å²) in [5, 5.41) is 5.14. The van der Waals surface area contributed by atoms with Crippen LogP contribution >= 0.6 is 46.4 Å². The lowest BCUT2D eigenvalue weighted by Gasteiger charge is -2.21. The summed E-state index contributed by atoms with van der Waals surface area (Å²) >= 11 is 23.9. The smallest absolute Gasteiger partial charge is 0.260 e. The number of nitrogens with one attached hydrogen (secondary N) is 1. The van der Waals surface area contributed by atoms with Gasteiger partial charge < -0.3 is 4.42 Å². The van der Waals surface area contributed by atoms with Gasteiger partial charge in [0.2, 0.25) is 10.0 Å². The van der Waals surface area contributed by atoms with Crippen molar-refractivity contribution >= 4 is 74.2 Å². The summed E-state index contributed by atoms with van der Waals surface area (Å²) < 4.78 is 30.8. The van der Waals surface area contributed by atoms with Crippen LogP contribution in [-0.4, -0.2) is 33.3 Å². The maximum atomic E-state index is 12.3. The molecule has 0 aliphatic heterocycles. The van der Waals surface area contributed by atoms with Crippen molar-refractivity contribution in [2.24, 2.45) is 5.10 Å². The number of benzene rings is 2. The average molecular weight is 535 g/mol. The van der Waals surface area contributed by atoms with Gasteiger partial charge in [-0.2, -0.15) is 5.10 Å². The number of nitrogens with zero attached hydrogens (tertiary/aromatic N) is 2. The minimum Gasteiger partial charge on any atom is -0.455 e. The second-order valence-electron chi connectivity index (χ2n) is 6.49. The Morgan fingerprint density at radius 3 is 2.44 bits per heavy atom. The molecule has 0 atom stereocenters. The van der Waals surface area contributed by atoms with E-state index in [4.69, 9.17) is 50.8 Å². The fraction of sp³-hybridized carbons (Fsp3) is 0.100. The van der Waals surface area contributed by atoms with Gasteiger partial charge in [-0.05, 0) is 48.5 Å². The van der Waals surface area contributed by atoms with Gasteiger partial charge in [0.05, 0.1) is 33.2 Å². The molecule has 7 nitrogen and oxygen atoms in total. The van der Waals surface area contributed by atoms with Crippen molar-refractivity contribution in [3.05, 3.63) is 74.4 Å². The van der Waals surface area contributed by atoms with Crippen molar-refractivity contribution in [2.45, 2.75) is 0 Å². The first-order valence-electron chi connectivity index (χ1n) is 8.84. The normalized spacial score (nSPS) is 11.7. The first-order valence-corrected chi connectivity index (χ1v) is 12.2. The number of anilines is 1. The monoisotopic (exact) mass is 533 g/mol. The highest BCUT2D eigenvalue weighted by molar-refractivity contribution is 7.92. The average Bonchev–Trinajstić information content (AvgIpc) is 3.16. The molecule has 32 heavy (non-hydrogen) atoms. The fourth-order valence-corrected chi connectivity index (χ4v) is 4.27. The van der Waals surface area contributed by atoms with E-state index < -0.39 is 22.5 Å². The quantitative estimate of drug-likeness (QED) is 0.321. The minimum atomic E-state index is -3.78. The Bertz CT molecular complexity index is 1290. The van der Waals surface area contributed by atoms with Gasteiger partial charge in [0.1, 0.15) is 18.1 Å². The van der Waals surface area contributed by atoms with Crippen molar-refractivity contribution in [1.82, 2.24) is 5.43 Å². The van der Waals surface area contributed by atoms with E-state index in [1.54, 1.807) is 30.3 Å². The standard InChI is InChI=1S/C20H15Cl4N3O4S/c1-32(29,30)27(13-3-6-16(22)18(24)9-13)11-20(28)26-25-10-14-4-7-19(31-14)15-5-2-12(21)8-17(15)23/h2-10H,11H2,1H3,(H,26,28). The van der Waals surface area contributed by atoms with Crippen LogP contribution in [0.5, 0.6) is 0 Å². The van der Waals surface area contributed by atoms with Crippen molar-refractivity contribution in [3.63, 3.8) is 0 Å². The van der Waals surface area contributed by atoms with Crippen molar-refractivity contribution < 1.29 is 17.6 Å². The lowest BCUT2D eigenvalue weighted by Crippen LogP contribution is -2.39. The molecule has 168 valence electrons. The molecule has 0 saturated heterocycles. The van der Waals surface area contributed by atoms with E-state index >= 15 is 0 Å². The van der Waals surface area contributed by atoms with Crippen LogP contribution in [0.2, 0.25) is 20.1 Å². The molecule has 1 amide bonds. The van der Waals surface area contributed by atoms with Crippen LogP contribution in [0.1, 0.15) is 5.76 Å². The van der Waals surface area contributed by atoms with Crippen LogP contribution in [0.25, 0.3) is 11.3 Å². The number of hydrazone groups is 1. The zero-order valence-corrected chi connectivity index (χ0v) is 20.2. The molecule has 3 rings (SSSR count). The second kappa shape index (κ2) is 10.1. The van der Waals surface area contributed by atoms with Gasteiger partial charge in [0, 0.05) is 10.6 Å². The molecule has 2 aromatic carbocycles. The van der Waals surface area contributed by atoms with E-state index in [1.807, 2.05) is 0 Å². The highest BCUT2D eigenvalue weighted by atomic mass is 35.5. The number of hydrogen-bond donors (Lipinski definition) is 1. The molecule has 1 aromatic heterocycles. The Morgan fingerprint density at radius 1 is 1.03 bits per heavy atom. The number of halogens is 4. The van der Waals surface area contributed by atoms with Gasteiger partial charge in [-0.25, -0.2) is 13.8 Å². The van der Waals surface area contributed by atoms with Crippen LogP contribution in [0.3, 0.4) is 0 Å². The summed E-state index contributed by atoms with van der Waals surface area (Å²) in [6.45, 7) is -0.516. The molecule has 3 aromatic rings. The summed E-state index contributed by atoms with van der Waals surface area (Å²) in [5.41, 5.74) is 3.09. The summed E-state index contributed by atoms with van der Waals surface area (Å²) in [6, 6.07) is 12.6.